The molecule has 1 N–H and O–H groups in total. The van der Waals surface area contributed by atoms with Gasteiger partial charge in [-0.3, -0.25) is 4.79 Å². The third kappa shape index (κ3) is 2.75. The van der Waals surface area contributed by atoms with Gasteiger partial charge in [0, 0.05) is 16.8 Å². The summed E-state index contributed by atoms with van der Waals surface area (Å²) in [5.74, 6) is 0.332. The second-order valence-corrected chi connectivity index (χ2v) is 6.48. The SMILES string of the molecule is Cc1nc(CC(=O)C2(C)CCCNC2)sc1C. The van der Waals surface area contributed by atoms with E-state index in [1.807, 2.05) is 6.92 Å². The van der Waals surface area contributed by atoms with Gasteiger partial charge in [0.1, 0.15) is 10.8 Å². The quantitative estimate of drug-likeness (QED) is 0.897. The lowest BCUT2D eigenvalue weighted by molar-refractivity contribution is -0.128. The van der Waals surface area contributed by atoms with E-state index >= 15 is 0 Å². The van der Waals surface area contributed by atoms with E-state index in [0.717, 1.165) is 36.6 Å². The molecule has 2 rings (SSSR count). The number of aryl methyl sites for hydroxylation is 2. The summed E-state index contributed by atoms with van der Waals surface area (Å²) in [6, 6.07) is 0. The number of nitrogens with one attached hydrogen (secondary N) is 1. The van der Waals surface area contributed by atoms with Crippen LogP contribution in [0, 0.1) is 19.3 Å². The highest BCUT2D eigenvalue weighted by atomic mass is 32.1. The van der Waals surface area contributed by atoms with Crippen molar-refractivity contribution in [3.05, 3.63) is 15.6 Å². The summed E-state index contributed by atoms with van der Waals surface area (Å²) in [6.07, 6.45) is 2.60. The van der Waals surface area contributed by atoms with Crippen LogP contribution in [0.3, 0.4) is 0 Å². The molecule has 17 heavy (non-hydrogen) atoms. The fourth-order valence-corrected chi connectivity index (χ4v) is 3.19. The maximum Gasteiger partial charge on any atom is 0.146 e. The number of thiazole rings is 1. The Morgan fingerprint density at radius 3 is 2.82 bits per heavy atom. The number of rotatable bonds is 3. The Morgan fingerprint density at radius 2 is 2.29 bits per heavy atom. The zero-order valence-corrected chi connectivity index (χ0v) is 11.6. The van der Waals surface area contributed by atoms with Gasteiger partial charge in [0.05, 0.1) is 12.1 Å². The second-order valence-electron chi connectivity index (χ2n) is 5.19. The van der Waals surface area contributed by atoms with Gasteiger partial charge in [-0.25, -0.2) is 4.98 Å². The highest BCUT2D eigenvalue weighted by molar-refractivity contribution is 7.11. The minimum absolute atomic E-state index is 0.189. The topological polar surface area (TPSA) is 42.0 Å². The van der Waals surface area contributed by atoms with E-state index in [1.54, 1.807) is 11.3 Å². The molecule has 0 radical (unpaired) electrons. The Balaban J connectivity index is 2.05. The van der Waals surface area contributed by atoms with Crippen molar-refractivity contribution >= 4 is 17.1 Å². The number of Topliss-reactive ketones (excluding diaryl/α,β-unsaturated/α-hetero) is 1. The van der Waals surface area contributed by atoms with Crippen molar-refractivity contribution in [2.75, 3.05) is 13.1 Å². The molecule has 1 fully saturated rings. The van der Waals surface area contributed by atoms with E-state index < -0.39 is 0 Å². The largest absolute Gasteiger partial charge is 0.316 e. The highest BCUT2D eigenvalue weighted by Crippen LogP contribution is 2.29. The molecule has 0 spiro atoms. The van der Waals surface area contributed by atoms with Crippen LogP contribution in [0.25, 0.3) is 0 Å². The third-order valence-electron chi connectivity index (χ3n) is 3.66. The molecule has 1 unspecified atom stereocenters. The number of piperidine rings is 1. The first-order valence-electron chi connectivity index (χ1n) is 6.18. The van der Waals surface area contributed by atoms with Gasteiger partial charge in [-0.2, -0.15) is 0 Å². The van der Waals surface area contributed by atoms with Gasteiger partial charge in [0.2, 0.25) is 0 Å². The predicted molar refractivity (Wildman–Crippen MR) is 70.5 cm³/mol. The van der Waals surface area contributed by atoms with Crippen LogP contribution in [0.15, 0.2) is 0 Å². The summed E-state index contributed by atoms with van der Waals surface area (Å²) in [5.41, 5.74) is 0.871. The minimum atomic E-state index is -0.189. The van der Waals surface area contributed by atoms with Gasteiger partial charge in [-0.05, 0) is 33.2 Å². The number of ketones is 1. The van der Waals surface area contributed by atoms with Gasteiger partial charge >= 0.3 is 0 Å². The summed E-state index contributed by atoms with van der Waals surface area (Å²) in [4.78, 5) is 18.0. The monoisotopic (exact) mass is 252 g/mol. The number of carbonyl (C=O) groups is 1. The Bertz CT molecular complexity index is 400. The van der Waals surface area contributed by atoms with Crippen LogP contribution in [-0.2, 0) is 11.2 Å². The van der Waals surface area contributed by atoms with Crippen molar-refractivity contribution in [2.24, 2.45) is 5.41 Å². The van der Waals surface area contributed by atoms with Crippen molar-refractivity contribution in [3.8, 4) is 0 Å². The molecule has 0 saturated carbocycles. The second kappa shape index (κ2) is 4.86. The van der Waals surface area contributed by atoms with Crippen LogP contribution < -0.4 is 5.32 Å². The Hall–Kier alpha value is -0.740. The summed E-state index contributed by atoms with van der Waals surface area (Å²) in [6.45, 7) is 8.00. The zero-order chi connectivity index (χ0) is 12.5. The molecule has 94 valence electrons. The number of carbonyl (C=O) groups excluding carboxylic acids is 1. The van der Waals surface area contributed by atoms with Gasteiger partial charge in [0.25, 0.3) is 0 Å². The summed E-state index contributed by atoms with van der Waals surface area (Å²) in [7, 11) is 0. The van der Waals surface area contributed by atoms with Crippen LogP contribution in [0.5, 0.6) is 0 Å². The molecule has 1 aromatic rings. The van der Waals surface area contributed by atoms with Crippen molar-refractivity contribution in [3.63, 3.8) is 0 Å². The van der Waals surface area contributed by atoms with Crippen LogP contribution in [-0.4, -0.2) is 23.9 Å². The molecule has 1 aliphatic heterocycles. The Morgan fingerprint density at radius 1 is 1.53 bits per heavy atom. The maximum atomic E-state index is 12.3. The van der Waals surface area contributed by atoms with Crippen LogP contribution in [0.1, 0.15) is 35.3 Å². The lowest BCUT2D eigenvalue weighted by Crippen LogP contribution is -2.44. The molecular formula is C13H20N2OS. The van der Waals surface area contributed by atoms with Crippen molar-refractivity contribution in [1.82, 2.24) is 10.3 Å². The summed E-state index contributed by atoms with van der Waals surface area (Å²) < 4.78 is 0. The molecule has 2 heterocycles. The molecule has 0 bridgehead atoms. The van der Waals surface area contributed by atoms with E-state index in [2.05, 4.69) is 24.1 Å². The lowest BCUT2D eigenvalue weighted by atomic mass is 9.78. The molecule has 3 nitrogen and oxygen atoms in total. The summed E-state index contributed by atoms with van der Waals surface area (Å²) in [5, 5.41) is 4.29. The third-order valence-corrected chi connectivity index (χ3v) is 4.73. The first kappa shape index (κ1) is 12.7. The minimum Gasteiger partial charge on any atom is -0.316 e. The average molecular weight is 252 g/mol. The van der Waals surface area contributed by atoms with E-state index in [0.29, 0.717) is 12.2 Å². The molecule has 1 aliphatic rings. The molecule has 1 aromatic heterocycles. The lowest BCUT2D eigenvalue weighted by Gasteiger charge is -2.32. The predicted octanol–water partition coefficient (Wildman–Crippen LogP) is 2.26. The molecule has 0 aliphatic carbocycles. The normalized spacial score (nSPS) is 24.9. The number of hydrogen-bond donors (Lipinski definition) is 1. The smallest absolute Gasteiger partial charge is 0.146 e. The number of nitrogens with zero attached hydrogens (tertiary/aromatic N) is 1. The highest BCUT2D eigenvalue weighted by Gasteiger charge is 2.34. The number of hydrogen-bond acceptors (Lipinski definition) is 4. The van der Waals surface area contributed by atoms with E-state index in [1.165, 1.54) is 4.88 Å². The average Bonchev–Trinajstić information content (AvgIpc) is 2.59. The van der Waals surface area contributed by atoms with Crippen molar-refractivity contribution in [2.45, 2.75) is 40.0 Å². The molecule has 0 amide bonds. The van der Waals surface area contributed by atoms with Crippen LogP contribution in [0.2, 0.25) is 0 Å². The first-order valence-corrected chi connectivity index (χ1v) is 7.00. The first-order chi connectivity index (χ1) is 8.01. The number of aromatic nitrogens is 1. The van der Waals surface area contributed by atoms with Crippen molar-refractivity contribution < 1.29 is 4.79 Å². The molecule has 1 saturated heterocycles. The Kier molecular flexibility index (Phi) is 3.64. The van der Waals surface area contributed by atoms with Crippen LogP contribution >= 0.6 is 11.3 Å². The van der Waals surface area contributed by atoms with Crippen molar-refractivity contribution in [1.29, 1.82) is 0 Å². The zero-order valence-electron chi connectivity index (χ0n) is 10.8. The fourth-order valence-electron chi connectivity index (χ4n) is 2.26. The van der Waals surface area contributed by atoms with Gasteiger partial charge in [-0.15, -0.1) is 11.3 Å². The van der Waals surface area contributed by atoms with E-state index in [4.69, 9.17) is 0 Å². The van der Waals surface area contributed by atoms with Gasteiger partial charge in [0.15, 0.2) is 0 Å². The standard InChI is InChI=1S/C13H20N2OS/c1-9-10(2)17-12(15-9)7-11(16)13(3)5-4-6-14-8-13/h14H,4-8H2,1-3H3. The molecule has 1 atom stereocenters. The fraction of sp³-hybridized carbons (Fsp3) is 0.692. The van der Waals surface area contributed by atoms with Gasteiger partial charge in [-0.1, -0.05) is 6.92 Å². The summed E-state index contributed by atoms with van der Waals surface area (Å²) >= 11 is 1.65. The maximum absolute atomic E-state index is 12.3. The molecular weight excluding hydrogens is 232 g/mol. The van der Waals surface area contributed by atoms with Gasteiger partial charge < -0.3 is 5.32 Å². The van der Waals surface area contributed by atoms with E-state index in [-0.39, 0.29) is 5.41 Å². The molecule has 0 aromatic carbocycles. The molecule has 4 heteroatoms. The van der Waals surface area contributed by atoms with E-state index in [9.17, 15) is 4.79 Å². The van der Waals surface area contributed by atoms with Crippen LogP contribution in [0.4, 0.5) is 0 Å². The Labute approximate surface area is 107 Å².